The predicted octanol–water partition coefficient (Wildman–Crippen LogP) is 4.05. The molecule has 0 aromatic heterocycles. The first-order valence-corrected chi connectivity index (χ1v) is 9.38. The second-order valence-corrected chi connectivity index (χ2v) is 6.95. The molecule has 0 unspecified atom stereocenters. The van der Waals surface area contributed by atoms with Crippen LogP contribution < -0.4 is 5.32 Å². The van der Waals surface area contributed by atoms with Crippen LogP contribution in [0.5, 0.6) is 0 Å². The van der Waals surface area contributed by atoms with Crippen molar-refractivity contribution in [1.29, 1.82) is 5.26 Å². The summed E-state index contributed by atoms with van der Waals surface area (Å²) in [7, 11) is 0. The van der Waals surface area contributed by atoms with E-state index in [1.807, 2.05) is 18.2 Å². The molecule has 1 N–H and O–H groups in total. The van der Waals surface area contributed by atoms with Crippen molar-refractivity contribution in [2.24, 2.45) is 4.99 Å². The average Bonchev–Trinajstić information content (AvgIpc) is 2.90. The van der Waals surface area contributed by atoms with Crippen LogP contribution in [0.15, 0.2) is 59.1 Å². The minimum absolute atomic E-state index is 0.122. The molecule has 29 heavy (non-hydrogen) atoms. The van der Waals surface area contributed by atoms with Crippen LogP contribution in [0, 0.1) is 23.2 Å². The van der Waals surface area contributed by atoms with E-state index in [1.54, 1.807) is 30.3 Å². The van der Waals surface area contributed by atoms with Crippen LogP contribution in [0.3, 0.4) is 0 Å². The highest BCUT2D eigenvalue weighted by Gasteiger charge is 2.17. The first-order chi connectivity index (χ1) is 14.1. The van der Waals surface area contributed by atoms with E-state index in [0.29, 0.717) is 29.1 Å². The number of carbonyl (C=O) groups is 2. The number of nitriles is 1. The molecule has 140 valence electrons. The van der Waals surface area contributed by atoms with Gasteiger partial charge in [0, 0.05) is 17.6 Å². The number of nitrogens with zero attached hydrogens (tertiary/aromatic N) is 2. The fourth-order valence-corrected chi connectivity index (χ4v) is 3.32. The number of amides is 1. The van der Waals surface area contributed by atoms with E-state index in [4.69, 9.17) is 5.26 Å². The zero-order valence-corrected chi connectivity index (χ0v) is 15.7. The number of ketones is 1. The summed E-state index contributed by atoms with van der Waals surface area (Å²) >= 11 is 0. The molecule has 0 atom stereocenters. The van der Waals surface area contributed by atoms with Crippen LogP contribution in [-0.4, -0.2) is 17.4 Å². The van der Waals surface area contributed by atoms with Crippen LogP contribution in [0.25, 0.3) is 0 Å². The van der Waals surface area contributed by atoms with E-state index in [1.165, 1.54) is 0 Å². The molecule has 0 radical (unpaired) electrons. The highest BCUT2D eigenvalue weighted by atomic mass is 16.1. The third-order valence-electron chi connectivity index (χ3n) is 4.75. The number of rotatable bonds is 1. The quantitative estimate of drug-likeness (QED) is 0.759. The van der Waals surface area contributed by atoms with Gasteiger partial charge in [0.1, 0.15) is 0 Å². The van der Waals surface area contributed by atoms with Crippen LogP contribution >= 0.6 is 0 Å². The molecule has 2 aromatic carbocycles. The lowest BCUT2D eigenvalue weighted by atomic mass is 9.99. The fourth-order valence-electron chi connectivity index (χ4n) is 3.32. The maximum atomic E-state index is 12.4. The summed E-state index contributed by atoms with van der Waals surface area (Å²) in [5.74, 6) is 6.08. The van der Waals surface area contributed by atoms with Gasteiger partial charge in [-0.1, -0.05) is 24.0 Å². The Kier molecular flexibility index (Phi) is 5.05. The molecule has 0 saturated heterocycles. The van der Waals surface area contributed by atoms with E-state index in [-0.39, 0.29) is 18.1 Å². The maximum Gasteiger partial charge on any atom is 0.230 e. The molecule has 1 aliphatic heterocycles. The minimum Gasteiger partial charge on any atom is -0.324 e. The zero-order valence-electron chi connectivity index (χ0n) is 15.7. The number of hydrogen-bond donors (Lipinski definition) is 1. The topological polar surface area (TPSA) is 82.3 Å². The van der Waals surface area contributed by atoms with Crippen LogP contribution in [0.2, 0.25) is 0 Å². The lowest BCUT2D eigenvalue weighted by Crippen LogP contribution is -2.15. The molecule has 2 aromatic rings. The SMILES string of the molecule is N#Cc1cccc(C2=Nc3ccc(C#CC4=CC(=O)CCC4)cc3NC(=O)C2)c1. The van der Waals surface area contributed by atoms with Crippen molar-refractivity contribution in [3.8, 4) is 17.9 Å². The summed E-state index contributed by atoms with van der Waals surface area (Å²) in [6.07, 6.45) is 3.99. The summed E-state index contributed by atoms with van der Waals surface area (Å²) in [6, 6.07) is 14.6. The van der Waals surface area contributed by atoms with E-state index in [9.17, 15) is 9.59 Å². The van der Waals surface area contributed by atoms with Gasteiger partial charge in [-0.3, -0.25) is 14.6 Å². The van der Waals surface area contributed by atoms with Gasteiger partial charge in [-0.15, -0.1) is 0 Å². The lowest BCUT2D eigenvalue weighted by molar-refractivity contribution is -0.115. The summed E-state index contributed by atoms with van der Waals surface area (Å²) in [4.78, 5) is 28.6. The smallest absolute Gasteiger partial charge is 0.230 e. The van der Waals surface area contributed by atoms with Gasteiger partial charge >= 0.3 is 0 Å². The molecule has 1 heterocycles. The first kappa shape index (κ1) is 18.4. The van der Waals surface area contributed by atoms with Crippen LogP contribution in [-0.2, 0) is 9.59 Å². The van der Waals surface area contributed by atoms with Gasteiger partial charge in [-0.2, -0.15) is 5.26 Å². The number of aliphatic imine (C=N–C) groups is 1. The number of anilines is 1. The lowest BCUT2D eigenvalue weighted by Gasteiger charge is -2.06. The van der Waals surface area contributed by atoms with E-state index < -0.39 is 0 Å². The maximum absolute atomic E-state index is 12.4. The Bertz CT molecular complexity index is 1190. The van der Waals surface area contributed by atoms with Crippen molar-refractivity contribution in [3.05, 3.63) is 70.8 Å². The summed E-state index contributed by atoms with van der Waals surface area (Å²) in [5.41, 5.74) is 4.72. The van der Waals surface area contributed by atoms with Crippen molar-refractivity contribution in [1.82, 2.24) is 0 Å². The Morgan fingerprint density at radius 2 is 1.90 bits per heavy atom. The minimum atomic E-state index is -0.171. The van der Waals surface area contributed by atoms with Gasteiger partial charge in [0.15, 0.2) is 5.78 Å². The van der Waals surface area contributed by atoms with Crippen LogP contribution in [0.4, 0.5) is 11.4 Å². The van der Waals surface area contributed by atoms with Crippen molar-refractivity contribution in [3.63, 3.8) is 0 Å². The van der Waals surface area contributed by atoms with E-state index in [2.05, 4.69) is 28.2 Å². The highest BCUT2D eigenvalue weighted by molar-refractivity contribution is 6.17. The average molecular weight is 379 g/mol. The standard InChI is InChI=1S/C24H17N3O2/c25-15-18-4-1-5-19(11-18)22-14-24(29)27-23-13-17(9-10-21(23)26-22)8-7-16-3-2-6-20(28)12-16/h1,4-5,9-13H,2-3,6,14H2,(H,27,29). The van der Waals surface area contributed by atoms with Gasteiger partial charge in [-0.05, 0) is 54.8 Å². The molecule has 1 aliphatic carbocycles. The second kappa shape index (κ2) is 7.96. The highest BCUT2D eigenvalue weighted by Crippen LogP contribution is 2.30. The van der Waals surface area contributed by atoms with Gasteiger partial charge in [0.05, 0.1) is 35.1 Å². The Balaban J connectivity index is 1.67. The molecular weight excluding hydrogens is 362 g/mol. The van der Waals surface area contributed by atoms with Crippen molar-refractivity contribution in [2.45, 2.75) is 25.7 Å². The van der Waals surface area contributed by atoms with Gasteiger partial charge in [-0.25, -0.2) is 0 Å². The van der Waals surface area contributed by atoms with Gasteiger partial charge in [0.25, 0.3) is 0 Å². The molecule has 5 heteroatoms. The predicted molar refractivity (Wildman–Crippen MR) is 111 cm³/mol. The summed E-state index contributed by atoms with van der Waals surface area (Å²) < 4.78 is 0. The van der Waals surface area contributed by atoms with Gasteiger partial charge in [0.2, 0.25) is 5.91 Å². The summed E-state index contributed by atoms with van der Waals surface area (Å²) in [6.45, 7) is 0. The Hall–Kier alpha value is -3.96. The molecule has 5 nitrogen and oxygen atoms in total. The third kappa shape index (κ3) is 4.31. The number of nitrogens with one attached hydrogen (secondary N) is 1. The molecule has 0 saturated carbocycles. The first-order valence-electron chi connectivity index (χ1n) is 9.38. The Morgan fingerprint density at radius 1 is 1.00 bits per heavy atom. The van der Waals surface area contributed by atoms with Crippen molar-refractivity contribution in [2.75, 3.05) is 5.32 Å². The van der Waals surface area contributed by atoms with Crippen molar-refractivity contribution < 1.29 is 9.59 Å². The Labute approximate surface area is 168 Å². The number of fused-ring (bicyclic) bond motifs is 1. The fraction of sp³-hybridized carbons (Fsp3) is 0.167. The monoisotopic (exact) mass is 379 g/mol. The molecule has 0 fully saturated rings. The normalized spacial score (nSPS) is 15.6. The number of benzene rings is 2. The number of hydrogen-bond acceptors (Lipinski definition) is 4. The number of allylic oxidation sites excluding steroid dienone is 2. The molecule has 0 spiro atoms. The molecule has 2 aliphatic rings. The molecule has 1 amide bonds. The third-order valence-corrected chi connectivity index (χ3v) is 4.75. The van der Waals surface area contributed by atoms with Gasteiger partial charge < -0.3 is 5.32 Å². The Morgan fingerprint density at radius 3 is 2.72 bits per heavy atom. The largest absolute Gasteiger partial charge is 0.324 e. The summed E-state index contributed by atoms with van der Waals surface area (Å²) in [5, 5.41) is 12.0. The number of carbonyl (C=O) groups excluding carboxylic acids is 2. The molecule has 4 rings (SSSR count). The van der Waals surface area contributed by atoms with Crippen molar-refractivity contribution >= 4 is 28.8 Å². The second-order valence-electron chi connectivity index (χ2n) is 6.95. The van der Waals surface area contributed by atoms with Crippen LogP contribution in [0.1, 0.15) is 42.4 Å². The van der Waals surface area contributed by atoms with E-state index in [0.717, 1.165) is 29.5 Å². The molecule has 0 bridgehead atoms. The molecular formula is C24H17N3O2. The van der Waals surface area contributed by atoms with E-state index >= 15 is 0 Å². The zero-order chi connectivity index (χ0) is 20.2.